The van der Waals surface area contributed by atoms with Gasteiger partial charge in [0.25, 0.3) is 0 Å². The highest BCUT2D eigenvalue weighted by Gasteiger charge is 2.38. The molecule has 0 aromatic rings. The normalized spacial score (nSPS) is 29.0. The summed E-state index contributed by atoms with van der Waals surface area (Å²) in [6.07, 6.45) is 3.72. The standard InChI is InChI=1S/C10H15ClN2O2/c11-4-9(14)12-10(15)13-5-7-2-1-3-8(7)6-13/h7-8H,1-6H2,(H,12,14,15). The van der Waals surface area contributed by atoms with Gasteiger partial charge in [-0.3, -0.25) is 10.1 Å². The van der Waals surface area contributed by atoms with Crippen molar-refractivity contribution in [2.75, 3.05) is 19.0 Å². The topological polar surface area (TPSA) is 49.4 Å². The highest BCUT2D eigenvalue weighted by Crippen LogP contribution is 2.37. The van der Waals surface area contributed by atoms with Gasteiger partial charge in [-0.1, -0.05) is 6.42 Å². The lowest BCUT2D eigenvalue weighted by molar-refractivity contribution is -0.117. The van der Waals surface area contributed by atoms with Crippen molar-refractivity contribution < 1.29 is 9.59 Å². The van der Waals surface area contributed by atoms with Crippen LogP contribution in [0.1, 0.15) is 19.3 Å². The zero-order valence-corrected chi connectivity index (χ0v) is 9.29. The van der Waals surface area contributed by atoms with Gasteiger partial charge in [-0.05, 0) is 24.7 Å². The zero-order chi connectivity index (χ0) is 10.8. The van der Waals surface area contributed by atoms with E-state index in [9.17, 15) is 9.59 Å². The molecule has 1 aliphatic heterocycles. The van der Waals surface area contributed by atoms with Crippen LogP contribution in [0.4, 0.5) is 4.79 Å². The minimum absolute atomic E-state index is 0.160. The van der Waals surface area contributed by atoms with Crippen molar-refractivity contribution in [3.8, 4) is 0 Å². The Morgan fingerprint density at radius 2 is 1.87 bits per heavy atom. The van der Waals surface area contributed by atoms with E-state index >= 15 is 0 Å². The number of nitrogens with one attached hydrogen (secondary N) is 1. The predicted molar refractivity (Wildman–Crippen MR) is 56.7 cm³/mol. The molecule has 5 heteroatoms. The van der Waals surface area contributed by atoms with Crippen LogP contribution in [-0.2, 0) is 4.79 Å². The van der Waals surface area contributed by atoms with Gasteiger partial charge in [-0.25, -0.2) is 4.79 Å². The minimum atomic E-state index is -0.418. The number of likely N-dealkylation sites (tertiary alicyclic amines) is 1. The number of alkyl halides is 1. The highest BCUT2D eigenvalue weighted by molar-refractivity contribution is 6.28. The second-order valence-electron chi connectivity index (χ2n) is 4.34. The average Bonchev–Trinajstić information content (AvgIpc) is 2.76. The molecule has 0 aromatic carbocycles. The fourth-order valence-electron chi connectivity index (χ4n) is 2.63. The fraction of sp³-hybridized carbons (Fsp3) is 0.800. The van der Waals surface area contributed by atoms with Crippen LogP contribution in [0.15, 0.2) is 0 Å². The van der Waals surface area contributed by atoms with Crippen molar-refractivity contribution >= 4 is 23.5 Å². The Bertz CT molecular complexity index is 271. The second kappa shape index (κ2) is 4.39. The van der Waals surface area contributed by atoms with E-state index in [-0.39, 0.29) is 11.9 Å². The number of rotatable bonds is 1. The minimum Gasteiger partial charge on any atom is -0.324 e. The number of hydrogen-bond donors (Lipinski definition) is 1. The number of carbonyl (C=O) groups excluding carboxylic acids is 2. The first-order chi connectivity index (χ1) is 7.20. The van der Waals surface area contributed by atoms with Gasteiger partial charge < -0.3 is 4.90 Å². The molecule has 1 saturated carbocycles. The SMILES string of the molecule is O=C(CCl)NC(=O)N1CC2CCCC2C1. The van der Waals surface area contributed by atoms with E-state index in [0.717, 1.165) is 13.1 Å². The Hall–Kier alpha value is -0.770. The summed E-state index contributed by atoms with van der Waals surface area (Å²) < 4.78 is 0. The molecule has 3 amide bonds. The molecule has 2 atom stereocenters. The number of urea groups is 1. The van der Waals surface area contributed by atoms with Gasteiger partial charge in [0.15, 0.2) is 0 Å². The highest BCUT2D eigenvalue weighted by atomic mass is 35.5. The van der Waals surface area contributed by atoms with Gasteiger partial charge >= 0.3 is 6.03 Å². The largest absolute Gasteiger partial charge is 0.324 e. The third-order valence-corrected chi connectivity index (χ3v) is 3.62. The maximum atomic E-state index is 11.6. The van der Waals surface area contributed by atoms with Crippen LogP contribution in [-0.4, -0.2) is 35.8 Å². The van der Waals surface area contributed by atoms with Crippen LogP contribution in [0.5, 0.6) is 0 Å². The quantitative estimate of drug-likeness (QED) is 0.688. The fourth-order valence-corrected chi connectivity index (χ4v) is 2.70. The molecule has 2 aliphatic rings. The smallest absolute Gasteiger partial charge is 0.324 e. The van der Waals surface area contributed by atoms with Crippen LogP contribution < -0.4 is 5.32 Å². The zero-order valence-electron chi connectivity index (χ0n) is 8.54. The molecule has 0 spiro atoms. The number of hydrogen-bond acceptors (Lipinski definition) is 2. The van der Waals surface area contributed by atoms with E-state index in [0.29, 0.717) is 11.8 Å². The molecular formula is C10H15ClN2O2. The summed E-state index contributed by atoms with van der Waals surface area (Å²) in [5, 5.41) is 2.28. The maximum Gasteiger partial charge on any atom is 0.324 e. The van der Waals surface area contributed by atoms with Crippen molar-refractivity contribution in [3.05, 3.63) is 0 Å². The third-order valence-electron chi connectivity index (χ3n) is 3.38. The van der Waals surface area contributed by atoms with Crippen molar-refractivity contribution in [1.29, 1.82) is 0 Å². The van der Waals surface area contributed by atoms with E-state index < -0.39 is 5.91 Å². The first kappa shape index (κ1) is 10.7. The first-order valence-electron chi connectivity index (χ1n) is 5.35. The summed E-state index contributed by atoms with van der Waals surface area (Å²) in [5.41, 5.74) is 0. The van der Waals surface area contributed by atoms with Crippen molar-refractivity contribution in [2.45, 2.75) is 19.3 Å². The van der Waals surface area contributed by atoms with Crippen molar-refractivity contribution in [1.82, 2.24) is 10.2 Å². The lowest BCUT2D eigenvalue weighted by Crippen LogP contribution is -2.42. The Balaban J connectivity index is 1.85. The first-order valence-corrected chi connectivity index (χ1v) is 5.89. The van der Waals surface area contributed by atoms with E-state index in [1.807, 2.05) is 0 Å². The Morgan fingerprint density at radius 1 is 1.27 bits per heavy atom. The van der Waals surface area contributed by atoms with Crippen LogP contribution in [0.25, 0.3) is 0 Å². The monoisotopic (exact) mass is 230 g/mol. The number of amides is 3. The summed E-state index contributed by atoms with van der Waals surface area (Å²) in [6.45, 7) is 1.60. The Kier molecular flexibility index (Phi) is 3.14. The molecule has 1 aliphatic carbocycles. The van der Waals surface area contributed by atoms with Gasteiger partial charge in [0.05, 0.1) is 0 Å². The van der Waals surface area contributed by atoms with E-state index in [4.69, 9.17) is 11.6 Å². The van der Waals surface area contributed by atoms with E-state index in [1.165, 1.54) is 19.3 Å². The summed E-state index contributed by atoms with van der Waals surface area (Å²) in [7, 11) is 0. The summed E-state index contributed by atoms with van der Waals surface area (Å²) in [6, 6.07) is -0.282. The van der Waals surface area contributed by atoms with Crippen LogP contribution in [0.2, 0.25) is 0 Å². The molecule has 2 rings (SSSR count). The van der Waals surface area contributed by atoms with Crippen molar-refractivity contribution in [2.24, 2.45) is 11.8 Å². The molecule has 1 saturated heterocycles. The average molecular weight is 231 g/mol. The number of carbonyl (C=O) groups is 2. The van der Waals surface area contributed by atoms with Crippen LogP contribution in [0, 0.1) is 11.8 Å². The van der Waals surface area contributed by atoms with Gasteiger partial charge in [-0.2, -0.15) is 0 Å². The maximum absolute atomic E-state index is 11.6. The van der Waals surface area contributed by atoms with Gasteiger partial charge in [-0.15, -0.1) is 11.6 Å². The molecule has 0 aromatic heterocycles. The third kappa shape index (κ3) is 2.25. The molecule has 15 heavy (non-hydrogen) atoms. The molecule has 0 bridgehead atoms. The lowest BCUT2D eigenvalue weighted by atomic mass is 10.0. The summed E-state index contributed by atoms with van der Waals surface area (Å²) in [4.78, 5) is 24.3. The lowest BCUT2D eigenvalue weighted by Gasteiger charge is -2.16. The molecular weight excluding hydrogens is 216 g/mol. The number of fused-ring (bicyclic) bond motifs is 1. The molecule has 0 radical (unpaired) electrons. The van der Waals surface area contributed by atoms with Gasteiger partial charge in [0.1, 0.15) is 5.88 Å². The summed E-state index contributed by atoms with van der Waals surface area (Å²) in [5.74, 6) is 0.731. The van der Waals surface area contributed by atoms with Gasteiger partial charge in [0, 0.05) is 13.1 Å². The number of halogens is 1. The van der Waals surface area contributed by atoms with Gasteiger partial charge in [0.2, 0.25) is 5.91 Å². The van der Waals surface area contributed by atoms with Crippen molar-refractivity contribution in [3.63, 3.8) is 0 Å². The second-order valence-corrected chi connectivity index (χ2v) is 4.61. The Morgan fingerprint density at radius 3 is 2.40 bits per heavy atom. The molecule has 2 fully saturated rings. The molecule has 2 unspecified atom stereocenters. The number of nitrogens with zero attached hydrogens (tertiary/aromatic N) is 1. The number of imide groups is 1. The molecule has 1 heterocycles. The van der Waals surface area contributed by atoms with Crippen LogP contribution >= 0.6 is 11.6 Å². The molecule has 1 N–H and O–H groups in total. The molecule has 84 valence electrons. The molecule has 4 nitrogen and oxygen atoms in total. The predicted octanol–water partition coefficient (Wildman–Crippen LogP) is 1.19. The van der Waals surface area contributed by atoms with Crippen LogP contribution in [0.3, 0.4) is 0 Å². The Labute approximate surface area is 93.9 Å². The summed E-state index contributed by atoms with van der Waals surface area (Å²) >= 11 is 5.32. The van der Waals surface area contributed by atoms with E-state index in [2.05, 4.69) is 5.32 Å². The van der Waals surface area contributed by atoms with E-state index in [1.54, 1.807) is 4.90 Å².